The van der Waals surface area contributed by atoms with Crippen LogP contribution in [0.4, 0.5) is 0 Å². The van der Waals surface area contributed by atoms with E-state index >= 15 is 0 Å². The average Bonchev–Trinajstić information content (AvgIpc) is 2.54. The fourth-order valence-corrected chi connectivity index (χ4v) is 4.64. The molecule has 4 unspecified atom stereocenters. The maximum absolute atomic E-state index is 11.0. The Morgan fingerprint density at radius 2 is 2.12 bits per heavy atom. The van der Waals surface area contributed by atoms with Crippen molar-refractivity contribution in [1.29, 1.82) is 0 Å². The minimum atomic E-state index is -2.92. The highest BCUT2D eigenvalue weighted by Crippen LogP contribution is 2.37. The highest BCUT2D eigenvalue weighted by Gasteiger charge is 2.58. The number of hydrogen-bond acceptors (Lipinski definition) is 5. The summed E-state index contributed by atoms with van der Waals surface area (Å²) in [5, 5.41) is 18.7. The molecule has 92 valence electrons. The number of aliphatic hydroxyl groups excluding tert-OH is 1. The minimum Gasteiger partial charge on any atom is -0.479 e. The fraction of sp³-hybridized carbons (Fsp3) is 0.889. The molecular weight excluding hydrogens is 232 g/mol. The molecule has 7 heteroatoms. The standard InChI is InChI=1S/C9H16O6Si/c1-5(2)16-13-4-8(15-16)6(10)3-7(14-16)9(11)12/h5-8,10H,3-4H2,1-2H3,(H,11,12). The summed E-state index contributed by atoms with van der Waals surface area (Å²) < 4.78 is 16.7. The third-order valence-corrected chi connectivity index (χ3v) is 6.17. The Hall–Kier alpha value is -0.473. The molecule has 0 aromatic carbocycles. The van der Waals surface area contributed by atoms with E-state index in [0.29, 0.717) is 0 Å². The van der Waals surface area contributed by atoms with E-state index in [9.17, 15) is 9.90 Å². The Bertz CT molecular complexity index is 296. The molecule has 2 rings (SSSR count). The maximum Gasteiger partial charge on any atom is 0.504 e. The van der Waals surface area contributed by atoms with Gasteiger partial charge in [0.15, 0.2) is 0 Å². The summed E-state index contributed by atoms with van der Waals surface area (Å²) in [5.74, 6) is -1.08. The van der Waals surface area contributed by atoms with Crippen LogP contribution in [0, 0.1) is 0 Å². The van der Waals surface area contributed by atoms with E-state index < -0.39 is 33.1 Å². The fourth-order valence-electron chi connectivity index (χ4n) is 1.94. The predicted molar refractivity (Wildman–Crippen MR) is 54.8 cm³/mol. The van der Waals surface area contributed by atoms with E-state index in [1.165, 1.54) is 0 Å². The van der Waals surface area contributed by atoms with E-state index in [2.05, 4.69) is 0 Å². The molecular formula is C9H16O6Si. The van der Waals surface area contributed by atoms with Crippen LogP contribution in [0.5, 0.6) is 0 Å². The van der Waals surface area contributed by atoms with Crippen molar-refractivity contribution in [2.75, 3.05) is 6.61 Å². The highest BCUT2D eigenvalue weighted by molar-refractivity contribution is 6.63. The van der Waals surface area contributed by atoms with E-state index in [4.69, 9.17) is 18.4 Å². The Balaban J connectivity index is 2.24. The monoisotopic (exact) mass is 248 g/mol. The van der Waals surface area contributed by atoms with Crippen molar-refractivity contribution in [3.8, 4) is 0 Å². The molecule has 0 amide bonds. The first kappa shape index (κ1) is 12.0. The van der Waals surface area contributed by atoms with Crippen LogP contribution in [0.3, 0.4) is 0 Å². The summed E-state index contributed by atoms with van der Waals surface area (Å²) in [7, 11) is -2.92. The van der Waals surface area contributed by atoms with Crippen LogP contribution in [0.15, 0.2) is 0 Å². The molecule has 2 aliphatic heterocycles. The van der Waals surface area contributed by atoms with Gasteiger partial charge >= 0.3 is 14.8 Å². The normalized spacial score (nSPS) is 43.4. The highest BCUT2D eigenvalue weighted by atomic mass is 28.4. The quantitative estimate of drug-likeness (QED) is 0.668. The molecule has 0 aliphatic carbocycles. The zero-order chi connectivity index (χ0) is 11.9. The van der Waals surface area contributed by atoms with E-state index in [0.717, 1.165) is 0 Å². The number of fused-ring (bicyclic) bond motifs is 2. The van der Waals surface area contributed by atoms with Gasteiger partial charge in [0.2, 0.25) is 0 Å². The van der Waals surface area contributed by atoms with Crippen molar-refractivity contribution in [3.63, 3.8) is 0 Å². The smallest absolute Gasteiger partial charge is 0.479 e. The summed E-state index contributed by atoms with van der Waals surface area (Å²) in [6, 6.07) is 0. The molecule has 2 saturated heterocycles. The molecule has 0 aromatic heterocycles. The lowest BCUT2D eigenvalue weighted by atomic mass is 10.1. The van der Waals surface area contributed by atoms with Crippen LogP contribution >= 0.6 is 0 Å². The summed E-state index contributed by atoms with van der Waals surface area (Å²) in [4.78, 5) is 11.0. The van der Waals surface area contributed by atoms with Crippen molar-refractivity contribution in [2.24, 2.45) is 0 Å². The van der Waals surface area contributed by atoms with Crippen LogP contribution in [0.2, 0.25) is 5.54 Å². The van der Waals surface area contributed by atoms with Gasteiger partial charge in [-0.2, -0.15) is 0 Å². The van der Waals surface area contributed by atoms with Gasteiger partial charge in [-0.15, -0.1) is 0 Å². The molecule has 0 spiro atoms. The topological polar surface area (TPSA) is 85.2 Å². The van der Waals surface area contributed by atoms with Gasteiger partial charge in [-0.25, -0.2) is 4.79 Å². The van der Waals surface area contributed by atoms with Gasteiger partial charge in [0.25, 0.3) is 0 Å². The minimum absolute atomic E-state index is 0.00958. The van der Waals surface area contributed by atoms with Gasteiger partial charge in [-0.1, -0.05) is 13.8 Å². The molecule has 0 aromatic rings. The number of hydrogen-bond donors (Lipinski definition) is 2. The largest absolute Gasteiger partial charge is 0.504 e. The van der Waals surface area contributed by atoms with E-state index in [1.807, 2.05) is 13.8 Å². The molecule has 0 saturated carbocycles. The van der Waals surface area contributed by atoms with Gasteiger partial charge < -0.3 is 23.5 Å². The van der Waals surface area contributed by atoms with Gasteiger partial charge in [-0.3, -0.25) is 0 Å². The van der Waals surface area contributed by atoms with Gasteiger partial charge in [0, 0.05) is 12.0 Å². The molecule has 2 bridgehead atoms. The first-order chi connectivity index (χ1) is 7.44. The van der Waals surface area contributed by atoms with Crippen LogP contribution in [0.1, 0.15) is 20.3 Å². The molecule has 16 heavy (non-hydrogen) atoms. The maximum atomic E-state index is 11.0. The molecule has 2 fully saturated rings. The number of carboxylic acid groups (broad SMARTS) is 1. The molecule has 4 atom stereocenters. The number of aliphatic hydroxyl groups is 1. The third-order valence-electron chi connectivity index (χ3n) is 2.94. The van der Waals surface area contributed by atoms with Gasteiger partial charge in [0.1, 0.15) is 6.10 Å². The SMILES string of the molecule is CC(C)[Si]12OCC(O1)C(O)CC(C(=O)O)O2. The van der Waals surface area contributed by atoms with Crippen LogP contribution in [0.25, 0.3) is 0 Å². The molecule has 0 radical (unpaired) electrons. The molecule has 2 heterocycles. The Morgan fingerprint density at radius 1 is 1.44 bits per heavy atom. The molecule has 2 aliphatic rings. The van der Waals surface area contributed by atoms with Crippen molar-refractivity contribution >= 4 is 14.8 Å². The van der Waals surface area contributed by atoms with Crippen molar-refractivity contribution in [1.82, 2.24) is 0 Å². The number of carbonyl (C=O) groups is 1. The Kier molecular flexibility index (Phi) is 3.06. The van der Waals surface area contributed by atoms with Crippen LogP contribution in [-0.4, -0.2) is 49.9 Å². The Labute approximate surface area is 94.5 Å². The van der Waals surface area contributed by atoms with Crippen molar-refractivity contribution in [2.45, 2.75) is 44.1 Å². The van der Waals surface area contributed by atoms with Crippen molar-refractivity contribution < 1.29 is 28.3 Å². The number of rotatable bonds is 2. The Morgan fingerprint density at radius 3 is 2.69 bits per heavy atom. The average molecular weight is 248 g/mol. The summed E-state index contributed by atoms with van der Waals surface area (Å²) in [5.41, 5.74) is -0.00958. The second-order valence-corrected chi connectivity index (χ2v) is 7.60. The predicted octanol–water partition coefficient (Wildman–Crippen LogP) is -0.0149. The van der Waals surface area contributed by atoms with E-state index in [1.54, 1.807) is 0 Å². The lowest BCUT2D eigenvalue weighted by Crippen LogP contribution is -2.48. The van der Waals surface area contributed by atoms with Gasteiger partial charge in [-0.05, 0) is 0 Å². The second-order valence-electron chi connectivity index (χ2n) is 4.47. The first-order valence-electron chi connectivity index (χ1n) is 5.35. The van der Waals surface area contributed by atoms with Gasteiger partial charge in [0.05, 0.1) is 18.8 Å². The first-order valence-corrected chi connectivity index (χ1v) is 7.15. The van der Waals surface area contributed by atoms with Crippen LogP contribution < -0.4 is 0 Å². The number of aliphatic carboxylic acids is 1. The second kappa shape index (κ2) is 4.08. The number of carboxylic acids is 1. The zero-order valence-corrected chi connectivity index (χ0v) is 10.3. The molecule has 2 N–H and O–H groups in total. The lowest BCUT2D eigenvalue weighted by molar-refractivity contribution is -0.148. The van der Waals surface area contributed by atoms with Crippen molar-refractivity contribution in [3.05, 3.63) is 0 Å². The lowest BCUT2D eigenvalue weighted by Gasteiger charge is -2.28. The summed E-state index contributed by atoms with van der Waals surface area (Å²) in [6.07, 6.45) is -2.25. The van der Waals surface area contributed by atoms with E-state index in [-0.39, 0.29) is 18.6 Å². The van der Waals surface area contributed by atoms with Crippen LogP contribution in [-0.2, 0) is 18.1 Å². The summed E-state index contributed by atoms with van der Waals surface area (Å²) >= 11 is 0. The molecule has 6 nitrogen and oxygen atoms in total. The zero-order valence-electron chi connectivity index (χ0n) is 9.25. The third kappa shape index (κ3) is 1.89. The summed E-state index contributed by atoms with van der Waals surface area (Å²) in [6.45, 7) is 4.05.